The van der Waals surface area contributed by atoms with Gasteiger partial charge in [-0.3, -0.25) is 4.90 Å². The lowest BCUT2D eigenvalue weighted by Gasteiger charge is -2.23. The molecule has 0 aromatic heterocycles. The summed E-state index contributed by atoms with van der Waals surface area (Å²) in [6.45, 7) is 5.99. The number of hydrogen-bond acceptors (Lipinski definition) is 2. The molecule has 1 N–H and O–H groups in total. The molecule has 2 fully saturated rings. The van der Waals surface area contributed by atoms with Crippen LogP contribution >= 0.6 is 0 Å². The molecule has 3 unspecified atom stereocenters. The Morgan fingerprint density at radius 3 is 2.94 bits per heavy atom. The molecule has 2 saturated heterocycles. The average molecular weight is 244 g/mol. The number of benzene rings is 1. The third-order valence-corrected chi connectivity index (χ3v) is 4.46. The molecular formula is C16H24N2. The van der Waals surface area contributed by atoms with Crippen LogP contribution in [-0.4, -0.2) is 30.1 Å². The molecule has 2 heterocycles. The lowest BCUT2D eigenvalue weighted by atomic mass is 9.97. The van der Waals surface area contributed by atoms with Crippen LogP contribution in [0.3, 0.4) is 0 Å². The highest BCUT2D eigenvalue weighted by Gasteiger charge is 2.33. The molecule has 1 aromatic rings. The van der Waals surface area contributed by atoms with Crippen molar-refractivity contribution in [3.63, 3.8) is 0 Å². The van der Waals surface area contributed by atoms with Crippen molar-refractivity contribution in [1.82, 2.24) is 10.2 Å². The molecule has 0 bridgehead atoms. The number of likely N-dealkylation sites (tertiary alicyclic amines) is 1. The van der Waals surface area contributed by atoms with Crippen molar-refractivity contribution in [3.8, 4) is 0 Å². The van der Waals surface area contributed by atoms with Crippen molar-refractivity contribution < 1.29 is 0 Å². The van der Waals surface area contributed by atoms with Crippen LogP contribution in [0.4, 0.5) is 0 Å². The molecule has 0 saturated carbocycles. The molecule has 2 aliphatic rings. The van der Waals surface area contributed by atoms with E-state index in [1.807, 2.05) is 0 Å². The smallest absolute Gasteiger partial charge is 0.0233 e. The predicted molar refractivity (Wildman–Crippen MR) is 75.4 cm³/mol. The standard InChI is InChI=1S/C16H24N2/c1-13-10-15-12-18(9-5-8-16(15)17-13)11-14-6-3-2-4-7-14/h2-4,6-7,13,15-17H,5,8-12H2,1H3. The first-order valence-corrected chi connectivity index (χ1v) is 7.33. The molecular weight excluding hydrogens is 220 g/mol. The lowest BCUT2D eigenvalue weighted by Crippen LogP contribution is -2.32. The maximum Gasteiger partial charge on any atom is 0.0233 e. The molecule has 0 amide bonds. The van der Waals surface area contributed by atoms with Crippen LogP contribution in [0, 0.1) is 5.92 Å². The number of rotatable bonds is 2. The van der Waals surface area contributed by atoms with Crippen LogP contribution in [0.1, 0.15) is 31.7 Å². The van der Waals surface area contributed by atoms with E-state index in [1.165, 1.54) is 37.9 Å². The van der Waals surface area contributed by atoms with Gasteiger partial charge in [0, 0.05) is 25.2 Å². The second-order valence-electron chi connectivity index (χ2n) is 6.03. The Kier molecular flexibility index (Phi) is 3.67. The Morgan fingerprint density at radius 1 is 1.28 bits per heavy atom. The second-order valence-corrected chi connectivity index (χ2v) is 6.03. The molecule has 0 aliphatic carbocycles. The van der Waals surface area contributed by atoms with Crippen LogP contribution in [0.2, 0.25) is 0 Å². The number of hydrogen-bond donors (Lipinski definition) is 1. The zero-order chi connectivity index (χ0) is 12.4. The number of nitrogens with one attached hydrogen (secondary N) is 1. The number of nitrogens with zero attached hydrogens (tertiary/aromatic N) is 1. The van der Waals surface area contributed by atoms with E-state index in [4.69, 9.17) is 0 Å². The summed E-state index contributed by atoms with van der Waals surface area (Å²) in [5.74, 6) is 0.867. The fourth-order valence-electron chi connectivity index (χ4n) is 3.65. The molecule has 2 nitrogen and oxygen atoms in total. The monoisotopic (exact) mass is 244 g/mol. The Morgan fingerprint density at radius 2 is 2.11 bits per heavy atom. The Balaban J connectivity index is 1.63. The topological polar surface area (TPSA) is 15.3 Å². The fraction of sp³-hybridized carbons (Fsp3) is 0.625. The van der Waals surface area contributed by atoms with Crippen molar-refractivity contribution in [2.24, 2.45) is 5.92 Å². The quantitative estimate of drug-likeness (QED) is 0.860. The predicted octanol–water partition coefficient (Wildman–Crippen LogP) is 2.65. The Hall–Kier alpha value is -0.860. The van der Waals surface area contributed by atoms with Gasteiger partial charge in [0.25, 0.3) is 0 Å². The van der Waals surface area contributed by atoms with Crippen LogP contribution < -0.4 is 5.32 Å². The highest BCUT2D eigenvalue weighted by atomic mass is 15.1. The molecule has 98 valence electrons. The van der Waals surface area contributed by atoms with Gasteiger partial charge in [-0.2, -0.15) is 0 Å². The maximum atomic E-state index is 3.75. The molecule has 2 heteroatoms. The van der Waals surface area contributed by atoms with E-state index in [0.717, 1.165) is 24.5 Å². The van der Waals surface area contributed by atoms with Gasteiger partial charge < -0.3 is 5.32 Å². The van der Waals surface area contributed by atoms with Gasteiger partial charge in [0.15, 0.2) is 0 Å². The summed E-state index contributed by atoms with van der Waals surface area (Å²) >= 11 is 0. The summed E-state index contributed by atoms with van der Waals surface area (Å²) in [6.07, 6.45) is 4.06. The van der Waals surface area contributed by atoms with E-state index in [2.05, 4.69) is 47.5 Å². The third kappa shape index (κ3) is 2.76. The lowest BCUT2D eigenvalue weighted by molar-refractivity contribution is 0.239. The normalized spacial score (nSPS) is 33.1. The van der Waals surface area contributed by atoms with Crippen molar-refractivity contribution >= 4 is 0 Å². The summed E-state index contributed by atoms with van der Waals surface area (Å²) in [4.78, 5) is 2.65. The van der Waals surface area contributed by atoms with Crippen LogP contribution in [0.5, 0.6) is 0 Å². The highest BCUT2D eigenvalue weighted by molar-refractivity contribution is 5.14. The van der Waals surface area contributed by atoms with E-state index in [9.17, 15) is 0 Å². The van der Waals surface area contributed by atoms with Gasteiger partial charge in [0.2, 0.25) is 0 Å². The minimum absolute atomic E-state index is 0.719. The highest BCUT2D eigenvalue weighted by Crippen LogP contribution is 2.28. The second kappa shape index (κ2) is 5.41. The summed E-state index contributed by atoms with van der Waals surface area (Å²) < 4.78 is 0. The van der Waals surface area contributed by atoms with Crippen molar-refractivity contribution in [1.29, 1.82) is 0 Å². The zero-order valence-electron chi connectivity index (χ0n) is 11.3. The fourth-order valence-corrected chi connectivity index (χ4v) is 3.65. The van der Waals surface area contributed by atoms with E-state index >= 15 is 0 Å². The first-order chi connectivity index (χ1) is 8.81. The van der Waals surface area contributed by atoms with E-state index in [1.54, 1.807) is 0 Å². The maximum absolute atomic E-state index is 3.75. The van der Waals surface area contributed by atoms with Crippen LogP contribution in [0.25, 0.3) is 0 Å². The van der Waals surface area contributed by atoms with Gasteiger partial charge in [-0.1, -0.05) is 30.3 Å². The molecule has 0 radical (unpaired) electrons. The minimum atomic E-state index is 0.719. The van der Waals surface area contributed by atoms with Crippen LogP contribution in [-0.2, 0) is 6.54 Å². The number of fused-ring (bicyclic) bond motifs is 1. The largest absolute Gasteiger partial charge is 0.311 e. The molecule has 3 atom stereocenters. The summed E-state index contributed by atoms with van der Waals surface area (Å²) in [5.41, 5.74) is 1.45. The molecule has 2 aliphatic heterocycles. The summed E-state index contributed by atoms with van der Waals surface area (Å²) in [7, 11) is 0. The Bertz CT molecular complexity index is 376. The SMILES string of the molecule is CC1CC2CN(Cc3ccccc3)CCCC2N1. The van der Waals surface area contributed by atoms with Gasteiger partial charge >= 0.3 is 0 Å². The first-order valence-electron chi connectivity index (χ1n) is 7.33. The Labute approximate surface area is 110 Å². The first kappa shape index (κ1) is 12.2. The van der Waals surface area contributed by atoms with Crippen LogP contribution in [0.15, 0.2) is 30.3 Å². The summed E-state index contributed by atoms with van der Waals surface area (Å²) in [6, 6.07) is 12.4. The molecule has 3 rings (SSSR count). The van der Waals surface area contributed by atoms with Gasteiger partial charge in [0.1, 0.15) is 0 Å². The van der Waals surface area contributed by atoms with E-state index < -0.39 is 0 Å². The third-order valence-electron chi connectivity index (χ3n) is 4.46. The van der Waals surface area contributed by atoms with Gasteiger partial charge in [-0.25, -0.2) is 0 Å². The summed E-state index contributed by atoms with van der Waals surface area (Å²) in [5, 5.41) is 3.75. The van der Waals surface area contributed by atoms with E-state index in [0.29, 0.717) is 0 Å². The van der Waals surface area contributed by atoms with Gasteiger partial charge in [-0.05, 0) is 44.2 Å². The molecule has 18 heavy (non-hydrogen) atoms. The molecule has 0 spiro atoms. The average Bonchev–Trinajstić information content (AvgIpc) is 2.60. The minimum Gasteiger partial charge on any atom is -0.311 e. The van der Waals surface area contributed by atoms with Crippen molar-refractivity contribution in [2.45, 2.75) is 44.8 Å². The van der Waals surface area contributed by atoms with Gasteiger partial charge in [-0.15, -0.1) is 0 Å². The van der Waals surface area contributed by atoms with Crippen molar-refractivity contribution in [3.05, 3.63) is 35.9 Å². The molecule has 1 aromatic carbocycles. The van der Waals surface area contributed by atoms with Crippen molar-refractivity contribution in [2.75, 3.05) is 13.1 Å². The zero-order valence-corrected chi connectivity index (χ0v) is 11.3. The van der Waals surface area contributed by atoms with E-state index in [-0.39, 0.29) is 0 Å². The van der Waals surface area contributed by atoms with Gasteiger partial charge in [0.05, 0.1) is 0 Å².